The maximum Gasteiger partial charge on any atom is 0.323 e. The lowest BCUT2D eigenvalue weighted by molar-refractivity contribution is -0.263. The molecule has 1 saturated heterocycles. The third-order valence-corrected chi connectivity index (χ3v) is 16.1. The fraction of sp³-hybridized carbons (Fsp3) is 0.841. The van der Waals surface area contributed by atoms with Gasteiger partial charge in [-0.1, -0.05) is 60.1 Å². The van der Waals surface area contributed by atoms with E-state index in [2.05, 4.69) is 59.9 Å². The van der Waals surface area contributed by atoms with Gasteiger partial charge in [-0.2, -0.15) is 0 Å². The number of unbranched alkanes of at least 4 members (excludes halogenated alkanes) is 1. The molecule has 2 bridgehead atoms. The van der Waals surface area contributed by atoms with Crippen molar-refractivity contribution in [3.8, 4) is 0 Å². The van der Waals surface area contributed by atoms with Crippen LogP contribution in [0.2, 0.25) is 0 Å². The van der Waals surface area contributed by atoms with Crippen molar-refractivity contribution in [3.63, 3.8) is 0 Å². The van der Waals surface area contributed by atoms with Gasteiger partial charge < -0.3 is 35.1 Å². The molecule has 1 unspecified atom stereocenters. The number of carbonyl (C=O) groups is 5. The fourth-order valence-corrected chi connectivity index (χ4v) is 12.7. The first-order valence-electron chi connectivity index (χ1n) is 21.0. The topological polar surface area (TPSA) is 181 Å². The summed E-state index contributed by atoms with van der Waals surface area (Å²) in [6.45, 7) is 22.3. The summed E-state index contributed by atoms with van der Waals surface area (Å²) in [7, 11) is 0. The number of hydrogen-bond acceptors (Lipinski definition) is 10. The van der Waals surface area contributed by atoms with Crippen LogP contribution in [0.1, 0.15) is 134 Å². The molecule has 0 aromatic carbocycles. The minimum Gasteiger partial charge on any atom is -0.481 e. The molecule has 0 radical (unpaired) electrons. The second-order valence-electron chi connectivity index (χ2n) is 20.0. The lowest BCUT2D eigenvalue weighted by Gasteiger charge is -2.71. The van der Waals surface area contributed by atoms with Crippen molar-refractivity contribution < 1.29 is 48.0 Å². The van der Waals surface area contributed by atoms with Crippen molar-refractivity contribution in [2.75, 3.05) is 19.8 Å². The summed E-state index contributed by atoms with van der Waals surface area (Å²) in [5.74, 6) is -2.33. The molecule has 1 aliphatic heterocycles. The number of carboxylic acid groups (broad SMARTS) is 1. The lowest BCUT2D eigenvalue weighted by Crippen LogP contribution is -2.70. The summed E-state index contributed by atoms with van der Waals surface area (Å²) in [6, 6.07) is -0.923. The average Bonchev–Trinajstić information content (AvgIpc) is 3.08. The first-order valence-corrected chi connectivity index (χ1v) is 21.0. The highest BCUT2D eigenvalue weighted by Gasteiger charge is 2.72. The fourth-order valence-electron chi connectivity index (χ4n) is 12.7. The normalized spacial score (nSPS) is 38.7. The van der Waals surface area contributed by atoms with Crippen molar-refractivity contribution >= 4 is 29.8 Å². The number of rotatable bonds is 13. The number of nitrogens with one attached hydrogen (secondary N) is 1. The summed E-state index contributed by atoms with van der Waals surface area (Å²) >= 11 is 0. The van der Waals surface area contributed by atoms with Crippen LogP contribution in [-0.2, 0) is 42.9 Å². The number of allylic oxidation sites excluding steroid dienone is 1. The minimum absolute atomic E-state index is 0.0879. The molecule has 3 saturated carbocycles. The molecule has 0 spiro atoms. The molecule has 1 amide bonds. The molecule has 316 valence electrons. The van der Waals surface area contributed by atoms with Crippen LogP contribution in [-0.4, -0.2) is 78.5 Å². The Morgan fingerprint density at radius 2 is 1.64 bits per heavy atom. The van der Waals surface area contributed by atoms with Gasteiger partial charge in [-0.15, -0.1) is 0 Å². The maximum absolute atomic E-state index is 13.7. The second-order valence-corrected chi connectivity index (χ2v) is 20.0. The molecule has 5 rings (SSSR count). The van der Waals surface area contributed by atoms with E-state index in [1.165, 1.54) is 33.3 Å². The summed E-state index contributed by atoms with van der Waals surface area (Å²) in [6.07, 6.45) is 6.93. The van der Waals surface area contributed by atoms with Gasteiger partial charge in [-0.05, 0) is 112 Å². The number of amides is 1. The third kappa shape index (κ3) is 7.32. The average molecular weight is 787 g/mol. The van der Waals surface area contributed by atoms with E-state index in [4.69, 9.17) is 24.7 Å². The van der Waals surface area contributed by atoms with Crippen LogP contribution in [0.3, 0.4) is 0 Å². The third-order valence-electron chi connectivity index (χ3n) is 16.1. The Balaban J connectivity index is 1.36. The van der Waals surface area contributed by atoms with Crippen LogP contribution < -0.4 is 11.1 Å². The quantitative estimate of drug-likeness (QED) is 0.0817. The van der Waals surface area contributed by atoms with Crippen LogP contribution in [0.15, 0.2) is 11.6 Å². The molecule has 4 fully saturated rings. The van der Waals surface area contributed by atoms with Gasteiger partial charge in [0.1, 0.15) is 18.2 Å². The van der Waals surface area contributed by atoms with E-state index < -0.39 is 75.8 Å². The van der Waals surface area contributed by atoms with Gasteiger partial charge in [0.25, 0.3) is 5.91 Å². The van der Waals surface area contributed by atoms with Gasteiger partial charge in [0.05, 0.1) is 19.1 Å². The van der Waals surface area contributed by atoms with Crippen LogP contribution in [0, 0.1) is 56.7 Å². The second kappa shape index (κ2) is 15.6. The Kier molecular flexibility index (Phi) is 12.3. The van der Waals surface area contributed by atoms with Crippen molar-refractivity contribution in [3.05, 3.63) is 11.6 Å². The van der Waals surface area contributed by atoms with Gasteiger partial charge in [-0.3, -0.25) is 24.0 Å². The van der Waals surface area contributed by atoms with Crippen LogP contribution >= 0.6 is 0 Å². The molecular formula is C44H70N2O10. The smallest absolute Gasteiger partial charge is 0.323 e. The van der Waals surface area contributed by atoms with Gasteiger partial charge in [0, 0.05) is 31.2 Å². The van der Waals surface area contributed by atoms with E-state index in [0.29, 0.717) is 57.8 Å². The highest BCUT2D eigenvalue weighted by molar-refractivity contribution is 5.86. The van der Waals surface area contributed by atoms with Crippen molar-refractivity contribution in [2.45, 2.75) is 158 Å². The summed E-state index contributed by atoms with van der Waals surface area (Å²) in [4.78, 5) is 63.6. The predicted molar refractivity (Wildman–Crippen MR) is 210 cm³/mol. The monoisotopic (exact) mass is 787 g/mol. The van der Waals surface area contributed by atoms with E-state index in [-0.39, 0.29) is 28.6 Å². The predicted octanol–water partition coefficient (Wildman–Crippen LogP) is 6.37. The number of hydrogen-bond donors (Lipinski definition) is 3. The number of carboxylic acids is 1. The van der Waals surface area contributed by atoms with Gasteiger partial charge in [-0.25, -0.2) is 0 Å². The van der Waals surface area contributed by atoms with Crippen molar-refractivity contribution in [2.24, 2.45) is 62.4 Å². The molecule has 5 aliphatic rings. The van der Waals surface area contributed by atoms with Crippen molar-refractivity contribution in [1.29, 1.82) is 0 Å². The Hall–Kier alpha value is -2.99. The van der Waals surface area contributed by atoms with Crippen LogP contribution in [0.5, 0.6) is 0 Å². The van der Waals surface area contributed by atoms with E-state index in [9.17, 15) is 29.1 Å². The van der Waals surface area contributed by atoms with Crippen LogP contribution in [0.25, 0.3) is 0 Å². The Labute approximate surface area is 334 Å². The first-order chi connectivity index (χ1) is 25.9. The number of ether oxygens (including phenoxy) is 4. The molecule has 4 N–H and O–H groups in total. The lowest BCUT2D eigenvalue weighted by atomic mass is 9.34. The highest BCUT2D eigenvalue weighted by Crippen LogP contribution is 2.75. The molecule has 12 nitrogen and oxygen atoms in total. The Morgan fingerprint density at radius 3 is 2.25 bits per heavy atom. The number of esters is 3. The molecule has 56 heavy (non-hydrogen) atoms. The molecular weight excluding hydrogens is 716 g/mol. The molecule has 4 aliphatic carbocycles. The van der Waals surface area contributed by atoms with Gasteiger partial charge in [0.15, 0.2) is 5.60 Å². The first kappa shape index (κ1) is 44.1. The number of nitrogens with two attached hydrogens (primary N) is 1. The zero-order valence-corrected chi connectivity index (χ0v) is 35.9. The SMILES string of the molecule is CC(=O)O[C@@H]1C[C@]23COC[C@](C)([C@@H]2CC[C@H]2C3=CC[C@@]3(C)[C@H](C(=O)O)[C@@](C)([C@H](C)C(C)C)CC[C@]23C)[C@H]1OC(=O)C(N)CCCCNC(=O)C(C)(C)OC(C)=O. The summed E-state index contributed by atoms with van der Waals surface area (Å²) in [5, 5.41) is 13.8. The minimum atomic E-state index is -1.29. The van der Waals surface area contributed by atoms with Crippen LogP contribution in [0.4, 0.5) is 0 Å². The standard InChI is InChI=1S/C44H70N2O10/c1-25(2)26(3)40(8)19-20-42(10)29-15-16-33-41(9)23-53-24-44(33,30(29)17-18-43(42,11)34(40)36(49)50)22-32(54-27(4)47)35(41)55-37(51)31(45)14-12-13-21-46-38(52)39(6,7)56-28(5)48/h17,25-26,29,31-35H,12-16,18-24,45H2,1-11H3,(H,46,52)(H,49,50)/t26-,29+,31?,32-,33+,34-,35+,40-,41-,42-,43+,44-/m1/s1. The van der Waals surface area contributed by atoms with E-state index >= 15 is 0 Å². The maximum atomic E-state index is 13.7. The zero-order valence-electron chi connectivity index (χ0n) is 35.9. The number of fused-ring (bicyclic) bond motifs is 3. The molecule has 12 atom stereocenters. The molecule has 12 heteroatoms. The van der Waals surface area contributed by atoms with Gasteiger partial charge in [0.2, 0.25) is 0 Å². The number of aliphatic carboxylic acids is 1. The molecule has 0 aromatic heterocycles. The van der Waals surface area contributed by atoms with E-state index in [0.717, 1.165) is 25.7 Å². The Bertz CT molecular complexity index is 1590. The summed E-state index contributed by atoms with van der Waals surface area (Å²) in [5.41, 5.74) is 4.23. The van der Waals surface area contributed by atoms with E-state index in [1.807, 2.05) is 0 Å². The van der Waals surface area contributed by atoms with E-state index in [1.54, 1.807) is 0 Å². The molecule has 0 aromatic rings. The zero-order chi connectivity index (χ0) is 41.8. The summed E-state index contributed by atoms with van der Waals surface area (Å²) < 4.78 is 24.0. The van der Waals surface area contributed by atoms with Crippen molar-refractivity contribution in [1.82, 2.24) is 5.32 Å². The molecule has 1 heterocycles. The Morgan fingerprint density at radius 1 is 0.964 bits per heavy atom. The van der Waals surface area contributed by atoms with Gasteiger partial charge >= 0.3 is 23.9 Å². The number of carbonyl (C=O) groups excluding carboxylic acids is 4. The highest BCUT2D eigenvalue weighted by atomic mass is 16.6. The largest absolute Gasteiger partial charge is 0.481 e.